The van der Waals surface area contributed by atoms with Crippen LogP contribution in [-0.4, -0.2) is 13.2 Å². The van der Waals surface area contributed by atoms with Crippen LogP contribution in [-0.2, 0) is 0 Å². The minimum absolute atomic E-state index is 0.472. The van der Waals surface area contributed by atoms with Gasteiger partial charge in [0.25, 0.3) is 0 Å². The van der Waals surface area contributed by atoms with E-state index in [1.54, 1.807) is 19.1 Å². The lowest BCUT2D eigenvalue weighted by atomic mass is 10.1. The maximum absolute atomic E-state index is 8.76. The second-order valence-electron chi connectivity index (χ2n) is 3.51. The first-order chi connectivity index (χ1) is 7.72. The van der Waals surface area contributed by atoms with Gasteiger partial charge in [-0.3, -0.25) is 0 Å². The summed E-state index contributed by atoms with van der Waals surface area (Å²) in [4.78, 5) is 0. The molecule has 16 heavy (non-hydrogen) atoms. The molecule has 0 bridgehead atoms. The number of nitriles is 1. The Kier molecular flexibility index (Phi) is 2.69. The molecule has 82 valence electrons. The van der Waals surface area contributed by atoms with E-state index in [1.807, 2.05) is 12.1 Å². The van der Waals surface area contributed by atoms with E-state index in [2.05, 4.69) is 0 Å². The topological polar surface area (TPSA) is 68.3 Å². The highest BCUT2D eigenvalue weighted by Crippen LogP contribution is 2.32. The fraction of sp³-hybridized carbons (Fsp3) is 0.250. The molecule has 1 aromatic carbocycles. The largest absolute Gasteiger partial charge is 0.486 e. The molecule has 0 amide bonds. The van der Waals surface area contributed by atoms with Gasteiger partial charge in [-0.15, -0.1) is 0 Å². The van der Waals surface area contributed by atoms with Gasteiger partial charge in [0.15, 0.2) is 11.5 Å². The highest BCUT2D eigenvalue weighted by molar-refractivity contribution is 5.70. The van der Waals surface area contributed by atoms with Crippen LogP contribution >= 0.6 is 0 Å². The zero-order valence-corrected chi connectivity index (χ0v) is 8.99. The summed E-state index contributed by atoms with van der Waals surface area (Å²) in [7, 11) is 0. The average Bonchev–Trinajstić information content (AvgIpc) is 2.36. The fourth-order valence-electron chi connectivity index (χ4n) is 1.49. The van der Waals surface area contributed by atoms with Crippen LogP contribution in [0.4, 0.5) is 0 Å². The molecule has 1 aliphatic heterocycles. The van der Waals surface area contributed by atoms with Crippen LogP contribution in [0.1, 0.15) is 12.5 Å². The third-order valence-electron chi connectivity index (χ3n) is 2.42. The number of nitrogens with zero attached hydrogens (tertiary/aromatic N) is 1. The van der Waals surface area contributed by atoms with Crippen molar-refractivity contribution in [2.75, 3.05) is 13.2 Å². The summed E-state index contributed by atoms with van der Waals surface area (Å²) in [5.74, 6) is 1.40. The quantitative estimate of drug-likeness (QED) is 0.725. The number of hydrogen-bond acceptors (Lipinski definition) is 4. The highest BCUT2D eigenvalue weighted by Gasteiger charge is 2.13. The Balaban J connectivity index is 2.42. The number of allylic oxidation sites excluding steroid dienone is 1. The van der Waals surface area contributed by atoms with E-state index in [0.717, 1.165) is 11.3 Å². The Labute approximate surface area is 93.9 Å². The molecule has 1 heterocycles. The summed E-state index contributed by atoms with van der Waals surface area (Å²) in [6.45, 7) is 2.79. The molecule has 1 aliphatic rings. The van der Waals surface area contributed by atoms with Gasteiger partial charge in [-0.05, 0) is 25.1 Å². The number of nitrogens with two attached hydrogens (primary N) is 1. The zero-order chi connectivity index (χ0) is 11.5. The molecular weight excluding hydrogens is 204 g/mol. The van der Waals surface area contributed by atoms with Gasteiger partial charge in [0, 0.05) is 11.1 Å². The number of rotatable bonds is 1. The van der Waals surface area contributed by atoms with E-state index in [1.165, 1.54) is 0 Å². The minimum atomic E-state index is 0.472. The number of ether oxygens (including phenoxy) is 2. The van der Waals surface area contributed by atoms with E-state index in [9.17, 15) is 0 Å². The number of fused-ring (bicyclic) bond motifs is 1. The maximum atomic E-state index is 8.76. The van der Waals surface area contributed by atoms with Crippen molar-refractivity contribution in [3.63, 3.8) is 0 Å². The van der Waals surface area contributed by atoms with Crippen LogP contribution in [0, 0.1) is 11.3 Å². The first-order valence-corrected chi connectivity index (χ1v) is 4.99. The first-order valence-electron chi connectivity index (χ1n) is 4.99. The molecule has 2 rings (SSSR count). The molecule has 0 saturated carbocycles. The van der Waals surface area contributed by atoms with E-state index >= 15 is 0 Å². The van der Waals surface area contributed by atoms with Gasteiger partial charge in [-0.2, -0.15) is 5.26 Å². The third kappa shape index (κ3) is 1.80. The van der Waals surface area contributed by atoms with Crippen LogP contribution in [0.5, 0.6) is 11.5 Å². The van der Waals surface area contributed by atoms with E-state index in [4.69, 9.17) is 20.5 Å². The molecule has 0 aromatic heterocycles. The SMILES string of the molecule is C/C(C#N)=C(/N)c1ccc2c(c1)OCCO2. The van der Waals surface area contributed by atoms with E-state index in [0.29, 0.717) is 30.2 Å². The van der Waals surface area contributed by atoms with E-state index in [-0.39, 0.29) is 0 Å². The smallest absolute Gasteiger partial charge is 0.162 e. The van der Waals surface area contributed by atoms with Crippen LogP contribution < -0.4 is 15.2 Å². The van der Waals surface area contributed by atoms with Gasteiger partial charge in [-0.1, -0.05) is 0 Å². The van der Waals surface area contributed by atoms with Gasteiger partial charge in [0.1, 0.15) is 13.2 Å². The van der Waals surface area contributed by atoms with Gasteiger partial charge in [0.2, 0.25) is 0 Å². The van der Waals surface area contributed by atoms with Crippen LogP contribution in [0.25, 0.3) is 5.70 Å². The summed E-state index contributed by atoms with van der Waals surface area (Å²) in [5, 5.41) is 8.76. The summed E-state index contributed by atoms with van der Waals surface area (Å²) >= 11 is 0. The van der Waals surface area contributed by atoms with Crippen molar-refractivity contribution in [2.45, 2.75) is 6.92 Å². The van der Waals surface area contributed by atoms with Crippen molar-refractivity contribution in [1.82, 2.24) is 0 Å². The van der Waals surface area contributed by atoms with E-state index < -0.39 is 0 Å². The van der Waals surface area contributed by atoms with Gasteiger partial charge in [-0.25, -0.2) is 0 Å². The molecule has 0 spiro atoms. The molecule has 2 N–H and O–H groups in total. The molecule has 0 saturated heterocycles. The molecule has 0 radical (unpaired) electrons. The number of hydrogen-bond donors (Lipinski definition) is 1. The standard InChI is InChI=1S/C12H12N2O2/c1-8(7-13)12(14)9-2-3-10-11(6-9)16-5-4-15-10/h2-3,6H,4-5,14H2,1H3/b12-8-. The first kappa shape index (κ1) is 10.4. The third-order valence-corrected chi connectivity index (χ3v) is 2.42. The van der Waals surface area contributed by atoms with Crippen molar-refractivity contribution < 1.29 is 9.47 Å². The molecule has 1 aromatic rings. The average molecular weight is 216 g/mol. The Hall–Kier alpha value is -2.15. The lowest BCUT2D eigenvalue weighted by Gasteiger charge is -2.19. The molecule has 0 atom stereocenters. The highest BCUT2D eigenvalue weighted by atomic mass is 16.6. The summed E-state index contributed by atoms with van der Waals surface area (Å²) in [6.07, 6.45) is 0. The molecule has 0 aliphatic carbocycles. The zero-order valence-electron chi connectivity index (χ0n) is 8.99. The summed E-state index contributed by atoms with van der Waals surface area (Å²) in [5.41, 5.74) is 7.59. The van der Waals surface area contributed by atoms with Crippen molar-refractivity contribution in [3.8, 4) is 17.6 Å². The monoisotopic (exact) mass is 216 g/mol. The van der Waals surface area contributed by atoms with Gasteiger partial charge in [0.05, 0.1) is 11.8 Å². The van der Waals surface area contributed by atoms with Gasteiger partial charge >= 0.3 is 0 Å². The fourth-order valence-corrected chi connectivity index (χ4v) is 1.49. The Morgan fingerprint density at radius 1 is 1.31 bits per heavy atom. The lowest BCUT2D eigenvalue weighted by molar-refractivity contribution is 0.171. The second kappa shape index (κ2) is 4.15. The summed E-state index contributed by atoms with van der Waals surface area (Å²) < 4.78 is 10.8. The second-order valence-corrected chi connectivity index (χ2v) is 3.51. The lowest BCUT2D eigenvalue weighted by Crippen LogP contribution is -2.15. The molecule has 4 heteroatoms. The predicted octanol–water partition coefficient (Wildman–Crippen LogP) is 1.67. The minimum Gasteiger partial charge on any atom is -0.486 e. The maximum Gasteiger partial charge on any atom is 0.162 e. The van der Waals surface area contributed by atoms with Crippen LogP contribution in [0.2, 0.25) is 0 Å². The van der Waals surface area contributed by atoms with Crippen LogP contribution in [0.15, 0.2) is 23.8 Å². The van der Waals surface area contributed by atoms with Crippen molar-refractivity contribution >= 4 is 5.70 Å². The molecule has 0 unspecified atom stereocenters. The number of benzene rings is 1. The Morgan fingerprint density at radius 3 is 2.69 bits per heavy atom. The molecule has 4 nitrogen and oxygen atoms in total. The Morgan fingerprint density at radius 2 is 2.00 bits per heavy atom. The Bertz CT molecular complexity index is 486. The van der Waals surface area contributed by atoms with Gasteiger partial charge < -0.3 is 15.2 Å². The normalized spacial score (nSPS) is 15.0. The van der Waals surface area contributed by atoms with Crippen molar-refractivity contribution in [2.24, 2.45) is 5.73 Å². The molecule has 0 fully saturated rings. The van der Waals surface area contributed by atoms with Crippen LogP contribution in [0.3, 0.4) is 0 Å². The van der Waals surface area contributed by atoms with Crippen molar-refractivity contribution in [1.29, 1.82) is 5.26 Å². The predicted molar refractivity (Wildman–Crippen MR) is 59.8 cm³/mol. The summed E-state index contributed by atoms with van der Waals surface area (Å²) in [6, 6.07) is 7.45. The van der Waals surface area contributed by atoms with Crippen molar-refractivity contribution in [3.05, 3.63) is 29.3 Å². The molecular formula is C12H12N2O2.